The second-order valence-electron chi connectivity index (χ2n) is 6.56. The average Bonchev–Trinajstić information content (AvgIpc) is 2.94. The van der Waals surface area contributed by atoms with Gasteiger partial charge in [-0.1, -0.05) is 6.07 Å². The van der Waals surface area contributed by atoms with Crippen molar-refractivity contribution in [3.8, 4) is 0 Å². The molecule has 9 heteroatoms. The number of rotatable bonds is 8. The molecular formula is C21H25N3O6. The van der Waals surface area contributed by atoms with Gasteiger partial charge in [-0.25, -0.2) is 4.79 Å². The minimum atomic E-state index is -0.616. The molecule has 9 nitrogen and oxygen atoms in total. The summed E-state index contributed by atoms with van der Waals surface area (Å²) in [7, 11) is 0. The van der Waals surface area contributed by atoms with Gasteiger partial charge in [-0.15, -0.1) is 0 Å². The van der Waals surface area contributed by atoms with E-state index in [9.17, 15) is 19.2 Å². The summed E-state index contributed by atoms with van der Waals surface area (Å²) >= 11 is 0. The van der Waals surface area contributed by atoms with Crippen molar-refractivity contribution in [2.75, 3.05) is 23.8 Å². The van der Waals surface area contributed by atoms with Gasteiger partial charge in [0.15, 0.2) is 6.61 Å². The first-order chi connectivity index (χ1) is 14.2. The largest absolute Gasteiger partial charge is 0.462 e. The number of nitrogens with one attached hydrogen (secondary N) is 2. The quantitative estimate of drug-likeness (QED) is 0.640. The summed E-state index contributed by atoms with van der Waals surface area (Å²) in [4.78, 5) is 47.3. The summed E-state index contributed by atoms with van der Waals surface area (Å²) in [5, 5.41) is 5.21. The Kier molecular flexibility index (Phi) is 7.74. The third kappa shape index (κ3) is 6.20. The van der Waals surface area contributed by atoms with E-state index in [4.69, 9.17) is 9.47 Å². The van der Waals surface area contributed by atoms with Crippen molar-refractivity contribution < 1.29 is 28.7 Å². The Balaban J connectivity index is 1.91. The van der Waals surface area contributed by atoms with E-state index in [0.29, 0.717) is 28.3 Å². The molecule has 2 amide bonds. The number of hydrogen-bond acceptors (Lipinski definition) is 6. The van der Waals surface area contributed by atoms with Crippen molar-refractivity contribution in [2.45, 2.75) is 34.2 Å². The van der Waals surface area contributed by atoms with Crippen LogP contribution < -0.4 is 10.6 Å². The molecular weight excluding hydrogens is 390 g/mol. The number of aryl methyl sites for hydroxylation is 1. The number of aromatic nitrogens is 1. The third-order valence-electron chi connectivity index (χ3n) is 4.19. The molecule has 0 radical (unpaired) electrons. The van der Waals surface area contributed by atoms with Crippen LogP contribution >= 0.6 is 0 Å². The lowest BCUT2D eigenvalue weighted by Crippen LogP contribution is -2.23. The smallest absolute Gasteiger partial charge is 0.339 e. The first kappa shape index (κ1) is 22.7. The number of carbonyl (C=O) groups excluding carboxylic acids is 4. The van der Waals surface area contributed by atoms with Crippen LogP contribution in [0.1, 0.15) is 35.6 Å². The molecule has 0 saturated carbocycles. The van der Waals surface area contributed by atoms with Crippen molar-refractivity contribution in [2.24, 2.45) is 0 Å². The maximum absolute atomic E-state index is 12.2. The Hall–Kier alpha value is -3.62. The molecule has 1 aromatic heterocycles. The van der Waals surface area contributed by atoms with Gasteiger partial charge in [-0.05, 0) is 45.0 Å². The number of nitrogens with zero attached hydrogens (tertiary/aromatic N) is 1. The van der Waals surface area contributed by atoms with Gasteiger partial charge in [0.2, 0.25) is 5.91 Å². The maximum atomic E-state index is 12.2. The molecule has 2 aromatic rings. The second-order valence-corrected chi connectivity index (χ2v) is 6.56. The van der Waals surface area contributed by atoms with Crippen molar-refractivity contribution >= 4 is 35.1 Å². The fraction of sp³-hybridized carbons (Fsp3) is 0.333. The Morgan fingerprint density at radius 2 is 1.67 bits per heavy atom. The SMILES string of the molecule is CCOC(=O)c1cc(C)n(CC(=O)OCC(=O)Nc2cccc(NC(C)=O)c2)c1C. The lowest BCUT2D eigenvalue weighted by Gasteiger charge is -2.11. The molecule has 160 valence electrons. The molecule has 0 saturated heterocycles. The molecule has 1 heterocycles. The molecule has 2 rings (SSSR count). The normalized spacial score (nSPS) is 10.3. The van der Waals surface area contributed by atoms with Gasteiger partial charge < -0.3 is 24.7 Å². The molecule has 0 bridgehead atoms. The van der Waals surface area contributed by atoms with Crippen LogP contribution in [-0.4, -0.2) is 41.5 Å². The zero-order valence-corrected chi connectivity index (χ0v) is 17.4. The molecule has 0 aliphatic heterocycles. The number of amides is 2. The molecule has 0 aliphatic carbocycles. The van der Waals surface area contributed by atoms with Crippen LogP contribution in [0.2, 0.25) is 0 Å². The van der Waals surface area contributed by atoms with Crippen LogP contribution in [0, 0.1) is 13.8 Å². The van der Waals surface area contributed by atoms with Gasteiger partial charge in [0.25, 0.3) is 5.91 Å². The zero-order chi connectivity index (χ0) is 22.3. The Morgan fingerprint density at radius 3 is 2.30 bits per heavy atom. The number of esters is 2. The van der Waals surface area contributed by atoms with Crippen molar-refractivity contribution in [1.29, 1.82) is 0 Å². The highest BCUT2D eigenvalue weighted by atomic mass is 16.5. The number of benzene rings is 1. The Labute approximate surface area is 174 Å². The molecule has 0 aliphatic rings. The highest BCUT2D eigenvalue weighted by molar-refractivity contribution is 5.94. The van der Waals surface area contributed by atoms with E-state index >= 15 is 0 Å². The maximum Gasteiger partial charge on any atom is 0.339 e. The zero-order valence-electron chi connectivity index (χ0n) is 17.4. The lowest BCUT2D eigenvalue weighted by molar-refractivity contribution is -0.147. The van der Waals surface area contributed by atoms with E-state index in [0.717, 1.165) is 0 Å². The predicted molar refractivity (Wildman–Crippen MR) is 110 cm³/mol. The topological polar surface area (TPSA) is 116 Å². The minimum absolute atomic E-state index is 0.137. The number of anilines is 2. The molecule has 0 unspecified atom stereocenters. The molecule has 0 spiro atoms. The van der Waals surface area contributed by atoms with Crippen LogP contribution in [-0.2, 0) is 30.4 Å². The summed E-state index contributed by atoms with van der Waals surface area (Å²) in [5.74, 6) is -1.81. The third-order valence-corrected chi connectivity index (χ3v) is 4.19. The fourth-order valence-corrected chi connectivity index (χ4v) is 2.86. The van der Waals surface area contributed by atoms with Crippen molar-refractivity contribution in [3.05, 3.63) is 47.3 Å². The van der Waals surface area contributed by atoms with E-state index in [2.05, 4.69) is 10.6 Å². The summed E-state index contributed by atoms with van der Waals surface area (Å²) in [6.07, 6.45) is 0. The summed E-state index contributed by atoms with van der Waals surface area (Å²) in [5.41, 5.74) is 2.67. The standard InChI is InChI=1S/C21H25N3O6/c1-5-29-21(28)18-9-13(2)24(14(18)3)11-20(27)30-12-19(26)23-17-8-6-7-16(10-17)22-15(4)25/h6-10H,5,11-12H2,1-4H3,(H,22,25)(H,23,26). The van der Waals surface area contributed by atoms with Gasteiger partial charge >= 0.3 is 11.9 Å². The molecule has 30 heavy (non-hydrogen) atoms. The molecule has 0 atom stereocenters. The number of carbonyl (C=O) groups is 4. The van der Waals surface area contributed by atoms with Gasteiger partial charge in [0, 0.05) is 29.7 Å². The van der Waals surface area contributed by atoms with Crippen LogP contribution in [0.5, 0.6) is 0 Å². The summed E-state index contributed by atoms with van der Waals surface area (Å²) in [6.45, 7) is 6.23. The number of hydrogen-bond donors (Lipinski definition) is 2. The monoisotopic (exact) mass is 415 g/mol. The Bertz CT molecular complexity index is 964. The van der Waals surface area contributed by atoms with Crippen molar-refractivity contribution in [3.63, 3.8) is 0 Å². The van der Waals surface area contributed by atoms with E-state index in [1.165, 1.54) is 6.92 Å². The number of ether oxygens (including phenoxy) is 2. The van der Waals surface area contributed by atoms with Gasteiger partial charge in [-0.3, -0.25) is 14.4 Å². The van der Waals surface area contributed by atoms with E-state index in [-0.39, 0.29) is 19.1 Å². The van der Waals surface area contributed by atoms with Crippen molar-refractivity contribution in [1.82, 2.24) is 4.57 Å². The summed E-state index contributed by atoms with van der Waals surface area (Å²) in [6, 6.07) is 8.24. The van der Waals surface area contributed by atoms with Gasteiger partial charge in [0.05, 0.1) is 12.2 Å². The van der Waals surface area contributed by atoms with E-state index < -0.39 is 24.5 Å². The van der Waals surface area contributed by atoms with E-state index in [1.54, 1.807) is 55.7 Å². The molecule has 1 aromatic carbocycles. The average molecular weight is 415 g/mol. The van der Waals surface area contributed by atoms with Gasteiger partial charge in [-0.2, -0.15) is 0 Å². The first-order valence-electron chi connectivity index (χ1n) is 9.38. The highest BCUT2D eigenvalue weighted by Crippen LogP contribution is 2.17. The van der Waals surface area contributed by atoms with Crippen LogP contribution in [0.4, 0.5) is 11.4 Å². The Morgan fingerprint density at radius 1 is 1.00 bits per heavy atom. The van der Waals surface area contributed by atoms with Crippen LogP contribution in [0.3, 0.4) is 0 Å². The van der Waals surface area contributed by atoms with E-state index in [1.807, 2.05) is 0 Å². The minimum Gasteiger partial charge on any atom is -0.462 e. The molecule has 0 fully saturated rings. The fourth-order valence-electron chi connectivity index (χ4n) is 2.86. The lowest BCUT2D eigenvalue weighted by atomic mass is 10.2. The van der Waals surface area contributed by atoms with Crippen LogP contribution in [0.25, 0.3) is 0 Å². The summed E-state index contributed by atoms with van der Waals surface area (Å²) < 4.78 is 11.7. The predicted octanol–water partition coefficient (Wildman–Crippen LogP) is 2.42. The second kappa shape index (κ2) is 10.2. The van der Waals surface area contributed by atoms with Crippen LogP contribution in [0.15, 0.2) is 30.3 Å². The van der Waals surface area contributed by atoms with Gasteiger partial charge in [0.1, 0.15) is 6.54 Å². The first-order valence-corrected chi connectivity index (χ1v) is 9.38. The molecule has 2 N–H and O–H groups in total. The highest BCUT2D eigenvalue weighted by Gasteiger charge is 2.19.